The molecule has 1 saturated heterocycles. The van der Waals surface area contributed by atoms with Crippen LogP contribution in [0.2, 0.25) is 0 Å². The first-order valence-electron chi connectivity index (χ1n) is 8.97. The van der Waals surface area contributed by atoms with E-state index in [1.54, 1.807) is 6.92 Å². The SMILES string of the molecule is CC(C)C[C@]1(C)NC(=O)N(CCC(=O)NC(=O)NCc2ccccc2)C1=O. The average molecular weight is 374 g/mol. The van der Waals surface area contributed by atoms with Crippen molar-refractivity contribution >= 4 is 23.9 Å². The number of carbonyl (C=O) groups excluding carboxylic acids is 4. The molecular weight excluding hydrogens is 348 g/mol. The lowest BCUT2D eigenvalue weighted by Gasteiger charge is -2.23. The molecule has 0 unspecified atom stereocenters. The smallest absolute Gasteiger partial charge is 0.325 e. The van der Waals surface area contributed by atoms with Crippen LogP contribution in [0, 0.1) is 5.92 Å². The molecule has 6 amide bonds. The van der Waals surface area contributed by atoms with Gasteiger partial charge in [-0.25, -0.2) is 9.59 Å². The zero-order valence-corrected chi connectivity index (χ0v) is 15.9. The van der Waals surface area contributed by atoms with Gasteiger partial charge >= 0.3 is 12.1 Å². The molecule has 0 bridgehead atoms. The molecule has 0 aliphatic carbocycles. The van der Waals surface area contributed by atoms with Crippen molar-refractivity contribution in [3.05, 3.63) is 35.9 Å². The fourth-order valence-corrected chi connectivity index (χ4v) is 3.13. The van der Waals surface area contributed by atoms with Gasteiger partial charge in [-0.05, 0) is 24.8 Å². The van der Waals surface area contributed by atoms with E-state index in [1.807, 2.05) is 44.2 Å². The third-order valence-corrected chi connectivity index (χ3v) is 4.27. The van der Waals surface area contributed by atoms with Crippen LogP contribution in [0.15, 0.2) is 30.3 Å². The molecule has 1 aliphatic heterocycles. The highest BCUT2D eigenvalue weighted by Crippen LogP contribution is 2.24. The number of amides is 6. The summed E-state index contributed by atoms with van der Waals surface area (Å²) in [6, 6.07) is 8.16. The molecular formula is C19H26N4O4. The molecule has 3 N–H and O–H groups in total. The Morgan fingerprint density at radius 1 is 1.19 bits per heavy atom. The van der Waals surface area contributed by atoms with E-state index in [9.17, 15) is 19.2 Å². The van der Waals surface area contributed by atoms with E-state index in [0.717, 1.165) is 10.5 Å². The predicted molar refractivity (Wildman–Crippen MR) is 99.5 cm³/mol. The maximum Gasteiger partial charge on any atom is 0.325 e. The summed E-state index contributed by atoms with van der Waals surface area (Å²) in [7, 11) is 0. The molecule has 0 aromatic heterocycles. The number of urea groups is 2. The van der Waals surface area contributed by atoms with Crippen molar-refractivity contribution in [3.8, 4) is 0 Å². The summed E-state index contributed by atoms with van der Waals surface area (Å²) in [5, 5.41) is 7.47. The molecule has 0 saturated carbocycles. The van der Waals surface area contributed by atoms with Gasteiger partial charge in [-0.1, -0.05) is 44.2 Å². The van der Waals surface area contributed by atoms with Crippen molar-refractivity contribution in [2.45, 2.75) is 45.7 Å². The highest BCUT2D eigenvalue weighted by atomic mass is 16.2. The van der Waals surface area contributed by atoms with Crippen LogP contribution in [0.25, 0.3) is 0 Å². The summed E-state index contributed by atoms with van der Waals surface area (Å²) < 4.78 is 0. The summed E-state index contributed by atoms with van der Waals surface area (Å²) in [6.45, 7) is 5.84. The maximum absolute atomic E-state index is 12.5. The van der Waals surface area contributed by atoms with E-state index in [1.165, 1.54) is 0 Å². The number of hydrogen-bond acceptors (Lipinski definition) is 4. The number of carbonyl (C=O) groups is 4. The Morgan fingerprint density at radius 3 is 2.48 bits per heavy atom. The predicted octanol–water partition coefficient (Wildman–Crippen LogP) is 1.76. The number of nitrogens with one attached hydrogen (secondary N) is 3. The third-order valence-electron chi connectivity index (χ3n) is 4.27. The lowest BCUT2D eigenvalue weighted by atomic mass is 9.91. The van der Waals surface area contributed by atoms with Gasteiger partial charge in [0.25, 0.3) is 5.91 Å². The van der Waals surface area contributed by atoms with Gasteiger partial charge in [0.1, 0.15) is 5.54 Å². The molecule has 1 fully saturated rings. The molecule has 1 aromatic rings. The van der Waals surface area contributed by atoms with Gasteiger partial charge < -0.3 is 10.6 Å². The third kappa shape index (κ3) is 5.54. The number of nitrogens with zero attached hydrogens (tertiary/aromatic N) is 1. The molecule has 27 heavy (non-hydrogen) atoms. The van der Waals surface area contributed by atoms with E-state index in [0.29, 0.717) is 13.0 Å². The summed E-state index contributed by atoms with van der Waals surface area (Å²) >= 11 is 0. The molecule has 1 aliphatic rings. The molecule has 8 heteroatoms. The zero-order valence-electron chi connectivity index (χ0n) is 15.9. The molecule has 1 heterocycles. The second-order valence-corrected chi connectivity index (χ2v) is 7.28. The Hall–Kier alpha value is -2.90. The topological polar surface area (TPSA) is 108 Å². The van der Waals surface area contributed by atoms with E-state index in [2.05, 4.69) is 16.0 Å². The Morgan fingerprint density at radius 2 is 1.85 bits per heavy atom. The van der Waals surface area contributed by atoms with Gasteiger partial charge in [0.05, 0.1) is 0 Å². The maximum atomic E-state index is 12.5. The summed E-state index contributed by atoms with van der Waals surface area (Å²) in [6.07, 6.45) is 0.373. The molecule has 1 atom stereocenters. The first-order chi connectivity index (χ1) is 12.7. The number of benzene rings is 1. The van der Waals surface area contributed by atoms with Crippen LogP contribution in [-0.4, -0.2) is 40.9 Å². The van der Waals surface area contributed by atoms with Crippen LogP contribution in [0.1, 0.15) is 39.2 Å². The lowest BCUT2D eigenvalue weighted by molar-refractivity contribution is -0.131. The minimum absolute atomic E-state index is 0.0733. The van der Waals surface area contributed by atoms with Crippen molar-refractivity contribution in [2.75, 3.05) is 6.54 Å². The van der Waals surface area contributed by atoms with Gasteiger partial charge in [-0.2, -0.15) is 0 Å². The highest BCUT2D eigenvalue weighted by Gasteiger charge is 2.47. The highest BCUT2D eigenvalue weighted by molar-refractivity contribution is 6.07. The largest absolute Gasteiger partial charge is 0.334 e. The van der Waals surface area contributed by atoms with E-state index in [-0.39, 0.29) is 24.8 Å². The number of hydrogen-bond donors (Lipinski definition) is 3. The van der Waals surface area contributed by atoms with Gasteiger partial charge in [0.15, 0.2) is 0 Å². The normalized spacial score (nSPS) is 19.2. The fraction of sp³-hybridized carbons (Fsp3) is 0.474. The zero-order chi connectivity index (χ0) is 20.0. The van der Waals surface area contributed by atoms with E-state index < -0.39 is 23.5 Å². The van der Waals surface area contributed by atoms with Gasteiger partial charge in [-0.15, -0.1) is 0 Å². The molecule has 146 valence electrons. The van der Waals surface area contributed by atoms with Crippen LogP contribution in [0.5, 0.6) is 0 Å². The molecule has 0 radical (unpaired) electrons. The monoisotopic (exact) mass is 374 g/mol. The Labute approximate surface area is 158 Å². The Bertz CT molecular complexity index is 720. The van der Waals surface area contributed by atoms with Gasteiger partial charge in [-0.3, -0.25) is 19.8 Å². The summed E-state index contributed by atoms with van der Waals surface area (Å²) in [4.78, 5) is 49.3. The van der Waals surface area contributed by atoms with Gasteiger partial charge in [0, 0.05) is 19.5 Å². The standard InChI is InChI=1S/C19H26N4O4/c1-13(2)11-19(3)16(25)23(18(27)22-19)10-9-15(24)21-17(26)20-12-14-7-5-4-6-8-14/h4-8,13H,9-12H2,1-3H3,(H,22,27)(H2,20,21,24,26)/t19-/m0/s1. The Balaban J connectivity index is 1.78. The van der Waals surface area contributed by atoms with Crippen molar-refractivity contribution < 1.29 is 19.2 Å². The minimum atomic E-state index is -0.950. The molecule has 1 aromatic carbocycles. The van der Waals surface area contributed by atoms with Crippen molar-refractivity contribution in [1.29, 1.82) is 0 Å². The minimum Gasteiger partial charge on any atom is -0.334 e. The van der Waals surface area contributed by atoms with Crippen LogP contribution < -0.4 is 16.0 Å². The van der Waals surface area contributed by atoms with Crippen LogP contribution in [-0.2, 0) is 16.1 Å². The number of imide groups is 2. The lowest BCUT2D eigenvalue weighted by Crippen LogP contribution is -2.45. The van der Waals surface area contributed by atoms with Crippen molar-refractivity contribution in [2.24, 2.45) is 5.92 Å². The first-order valence-corrected chi connectivity index (χ1v) is 8.97. The molecule has 2 rings (SSSR count). The number of rotatable bonds is 7. The second kappa shape index (κ2) is 8.66. The van der Waals surface area contributed by atoms with Gasteiger partial charge in [0.2, 0.25) is 5.91 Å². The second-order valence-electron chi connectivity index (χ2n) is 7.28. The summed E-state index contributed by atoms with van der Waals surface area (Å²) in [5.41, 5.74) is -0.0433. The van der Waals surface area contributed by atoms with Crippen LogP contribution >= 0.6 is 0 Å². The quantitative estimate of drug-likeness (QED) is 0.632. The van der Waals surface area contributed by atoms with Crippen molar-refractivity contribution in [3.63, 3.8) is 0 Å². The van der Waals surface area contributed by atoms with E-state index in [4.69, 9.17) is 0 Å². The molecule has 8 nitrogen and oxygen atoms in total. The Kier molecular flexibility index (Phi) is 6.55. The van der Waals surface area contributed by atoms with Crippen LogP contribution in [0.3, 0.4) is 0 Å². The summed E-state index contributed by atoms with van der Waals surface area (Å²) in [5.74, 6) is -0.669. The van der Waals surface area contributed by atoms with E-state index >= 15 is 0 Å². The molecule has 0 spiro atoms. The van der Waals surface area contributed by atoms with Crippen molar-refractivity contribution in [1.82, 2.24) is 20.9 Å². The fourth-order valence-electron chi connectivity index (χ4n) is 3.13. The first kappa shape index (κ1) is 20.4. The average Bonchev–Trinajstić information content (AvgIpc) is 2.80. The van der Waals surface area contributed by atoms with Crippen LogP contribution in [0.4, 0.5) is 9.59 Å².